The molecule has 0 aliphatic heterocycles. The van der Waals surface area contributed by atoms with Crippen molar-refractivity contribution in [1.82, 2.24) is 0 Å². The Morgan fingerprint density at radius 1 is 0.562 bits per heavy atom. The van der Waals surface area contributed by atoms with Crippen molar-refractivity contribution in [2.45, 2.75) is 111 Å². The van der Waals surface area contributed by atoms with Crippen molar-refractivity contribution in [3.8, 4) is 11.1 Å². The molecule has 0 fully saturated rings. The van der Waals surface area contributed by atoms with Crippen LogP contribution in [0.15, 0.2) is 24.3 Å². The average Bonchev–Trinajstić information content (AvgIpc) is 3.14. The van der Waals surface area contributed by atoms with E-state index in [0.717, 1.165) is 6.42 Å². The van der Waals surface area contributed by atoms with E-state index in [-0.39, 0.29) is 0 Å². The van der Waals surface area contributed by atoms with Crippen molar-refractivity contribution in [2.75, 3.05) is 0 Å². The second-order valence-electron chi connectivity index (χ2n) is 9.22. The second kappa shape index (κ2) is 15.7. The zero-order valence-corrected chi connectivity index (χ0v) is 24.7. The summed E-state index contributed by atoms with van der Waals surface area (Å²) in [7, 11) is 9.87. The van der Waals surface area contributed by atoms with Gasteiger partial charge in [-0.05, 0) is 102 Å². The van der Waals surface area contributed by atoms with E-state index in [4.69, 9.17) is 17.0 Å². The number of fused-ring (bicyclic) bond motifs is 3. The van der Waals surface area contributed by atoms with E-state index in [0.29, 0.717) is 0 Å². The Morgan fingerprint density at radius 3 is 1.12 bits per heavy atom. The van der Waals surface area contributed by atoms with Crippen LogP contribution in [0, 0.1) is 0 Å². The molecule has 1 aliphatic carbocycles. The Morgan fingerprint density at radius 2 is 0.844 bits per heavy atom. The number of unbranched alkanes of at least 4 members (excludes halogenated alkanes) is 4. The molecule has 0 heterocycles. The molecule has 0 atom stereocenters. The molecule has 0 nitrogen and oxygen atoms in total. The Hall–Kier alpha value is -0.0969. The molecule has 2 aromatic carbocycles. The van der Waals surface area contributed by atoms with Gasteiger partial charge in [0.25, 0.3) is 0 Å². The van der Waals surface area contributed by atoms with Crippen LogP contribution in [0.5, 0.6) is 0 Å². The molecule has 32 heavy (non-hydrogen) atoms. The van der Waals surface area contributed by atoms with E-state index in [1.807, 2.05) is 0 Å². The number of hydrogen-bond donors (Lipinski definition) is 0. The fraction of sp³-hybridized carbons (Fsp3) is 0.586. The summed E-state index contributed by atoms with van der Waals surface area (Å²) < 4.78 is 0. The van der Waals surface area contributed by atoms with E-state index in [9.17, 15) is 0 Å². The Bertz CT molecular complexity index is 761. The van der Waals surface area contributed by atoms with Crippen LogP contribution < -0.4 is 0 Å². The first kappa shape index (κ1) is 28.1. The molecule has 0 saturated heterocycles. The van der Waals surface area contributed by atoms with Crippen LogP contribution in [0.25, 0.3) is 11.1 Å². The number of halogens is 2. The van der Waals surface area contributed by atoms with Gasteiger partial charge in [0.2, 0.25) is 0 Å². The number of hydrogen-bond acceptors (Lipinski definition) is 0. The van der Waals surface area contributed by atoms with Crippen LogP contribution in [-0.2, 0) is 53.0 Å². The fourth-order valence-corrected chi connectivity index (χ4v) is 4.88. The molecule has 2 aromatic rings. The normalized spacial score (nSPS) is 11.6. The van der Waals surface area contributed by atoms with Crippen LogP contribution in [0.4, 0.5) is 0 Å². The SMILES string of the molecule is CCCCc1cc2c(cc1CCCC)-c1cc(CCCC)c(CCCC)cc1C2.[Cl][Zr][Cl]. The molecule has 0 unspecified atom stereocenters. The first-order valence-corrected chi connectivity index (χ1v) is 19.2. The minimum absolute atomic E-state index is 0.826. The first-order valence-electron chi connectivity index (χ1n) is 12.9. The van der Waals surface area contributed by atoms with E-state index in [2.05, 4.69) is 52.0 Å². The Kier molecular flexibility index (Phi) is 13.8. The van der Waals surface area contributed by atoms with Gasteiger partial charge in [0.05, 0.1) is 0 Å². The maximum atomic E-state index is 4.93. The molecule has 0 radical (unpaired) electrons. The molecule has 1 aliphatic rings. The van der Waals surface area contributed by atoms with E-state index < -0.39 is 20.8 Å². The van der Waals surface area contributed by atoms with E-state index in [1.54, 1.807) is 44.5 Å². The molecule has 0 N–H and O–H groups in total. The van der Waals surface area contributed by atoms with Gasteiger partial charge < -0.3 is 0 Å². The number of benzene rings is 2. The topological polar surface area (TPSA) is 0 Å². The van der Waals surface area contributed by atoms with Gasteiger partial charge in [-0.15, -0.1) is 0 Å². The molecule has 3 heteroatoms. The Labute approximate surface area is 216 Å². The molecule has 0 spiro atoms. The summed E-state index contributed by atoms with van der Waals surface area (Å²) in [4.78, 5) is 0. The van der Waals surface area contributed by atoms with Crippen molar-refractivity contribution in [1.29, 1.82) is 0 Å². The van der Waals surface area contributed by atoms with E-state index in [1.165, 1.54) is 77.0 Å². The van der Waals surface area contributed by atoms with Crippen molar-refractivity contribution >= 4 is 17.0 Å². The molecule has 0 aromatic heterocycles. The van der Waals surface area contributed by atoms with Gasteiger partial charge in [-0.3, -0.25) is 0 Å². The van der Waals surface area contributed by atoms with Crippen molar-refractivity contribution in [2.24, 2.45) is 0 Å². The minimum atomic E-state index is -0.826. The number of rotatable bonds is 12. The van der Waals surface area contributed by atoms with E-state index >= 15 is 0 Å². The van der Waals surface area contributed by atoms with Gasteiger partial charge >= 0.3 is 37.9 Å². The predicted octanol–water partition coefficient (Wildman–Crippen LogP) is 10.0. The van der Waals surface area contributed by atoms with Crippen LogP contribution in [0.3, 0.4) is 0 Å². The van der Waals surface area contributed by atoms with Crippen molar-refractivity contribution < 1.29 is 20.8 Å². The maximum absolute atomic E-state index is 4.93. The third-order valence-corrected chi connectivity index (χ3v) is 6.72. The molecule has 176 valence electrons. The predicted molar refractivity (Wildman–Crippen MR) is 141 cm³/mol. The molecule has 0 bridgehead atoms. The summed E-state index contributed by atoms with van der Waals surface area (Å²) in [5.41, 5.74) is 12.8. The second-order valence-corrected chi connectivity index (χ2v) is 13.0. The monoisotopic (exact) mass is 550 g/mol. The molecular formula is C29H42Cl2Zr. The molecule has 3 rings (SSSR count). The third kappa shape index (κ3) is 7.99. The molecule has 0 saturated carbocycles. The molecule has 0 amide bonds. The fourth-order valence-electron chi connectivity index (χ4n) is 4.88. The summed E-state index contributed by atoms with van der Waals surface area (Å²) >= 11 is -0.826. The number of aryl methyl sites for hydroxylation is 4. The van der Waals surface area contributed by atoms with Gasteiger partial charge in [-0.25, -0.2) is 0 Å². The summed E-state index contributed by atoms with van der Waals surface area (Å²) in [5, 5.41) is 0. The van der Waals surface area contributed by atoms with Gasteiger partial charge in [0, 0.05) is 0 Å². The van der Waals surface area contributed by atoms with Crippen LogP contribution in [0.2, 0.25) is 0 Å². The van der Waals surface area contributed by atoms with Crippen LogP contribution in [-0.4, -0.2) is 0 Å². The first-order chi connectivity index (χ1) is 15.6. The summed E-state index contributed by atoms with van der Waals surface area (Å²) in [5.74, 6) is 0. The van der Waals surface area contributed by atoms with Crippen molar-refractivity contribution in [3.63, 3.8) is 0 Å². The third-order valence-electron chi connectivity index (χ3n) is 6.72. The summed E-state index contributed by atoms with van der Waals surface area (Å²) in [6.07, 6.45) is 16.5. The van der Waals surface area contributed by atoms with Gasteiger partial charge in [0.1, 0.15) is 0 Å². The van der Waals surface area contributed by atoms with Crippen LogP contribution in [0.1, 0.15) is 112 Å². The quantitative estimate of drug-likeness (QED) is 0.210. The zero-order chi connectivity index (χ0) is 23.3. The zero-order valence-electron chi connectivity index (χ0n) is 20.8. The Balaban J connectivity index is 0.00000114. The standard InChI is InChI=1S/C29H42.2ClH.Zr/c1-5-9-13-22-17-26-19-27-18-23(14-10-6-2)25(16-12-8-4)21-29(27)28(26)20-24(22)15-11-7-3;;;/h17-18,20-21H,5-16,19H2,1-4H3;2*1H;/q;;;+2/p-2. The summed E-state index contributed by atoms with van der Waals surface area (Å²) in [6.45, 7) is 9.24. The summed E-state index contributed by atoms with van der Waals surface area (Å²) in [6, 6.07) is 10.3. The van der Waals surface area contributed by atoms with Gasteiger partial charge in [-0.2, -0.15) is 0 Å². The average molecular weight is 553 g/mol. The van der Waals surface area contributed by atoms with Crippen molar-refractivity contribution in [3.05, 3.63) is 57.6 Å². The van der Waals surface area contributed by atoms with Crippen LogP contribution >= 0.6 is 17.0 Å². The molecular weight excluding hydrogens is 510 g/mol. The van der Waals surface area contributed by atoms with Gasteiger partial charge in [0.15, 0.2) is 0 Å². The van der Waals surface area contributed by atoms with Gasteiger partial charge in [-0.1, -0.05) is 77.6 Å².